The Labute approximate surface area is 174 Å². The van der Waals surface area contributed by atoms with E-state index < -0.39 is 0 Å². The number of hydrazine groups is 1. The summed E-state index contributed by atoms with van der Waals surface area (Å²) in [6.07, 6.45) is 0. The van der Waals surface area contributed by atoms with Gasteiger partial charge in [-0.05, 0) is 24.4 Å². The van der Waals surface area contributed by atoms with Crippen molar-refractivity contribution in [1.82, 2.24) is 15.2 Å². The number of nitrogens with two attached hydrogens (primary N) is 1. The van der Waals surface area contributed by atoms with Gasteiger partial charge in [-0.2, -0.15) is 0 Å². The molecule has 0 fully saturated rings. The highest BCUT2D eigenvalue weighted by atomic mass is 32.1. The fraction of sp³-hybridized carbons (Fsp3) is 0. The Kier molecular flexibility index (Phi) is 5.40. The summed E-state index contributed by atoms with van der Waals surface area (Å²) in [5.41, 5.74) is 13.0. The van der Waals surface area contributed by atoms with Crippen molar-refractivity contribution in [3.05, 3.63) is 91.0 Å². The average molecular weight is 398 g/mol. The van der Waals surface area contributed by atoms with Gasteiger partial charge in [-0.1, -0.05) is 78.9 Å². The Hall–Kier alpha value is -3.84. The molecule has 1 aromatic heterocycles. The first-order chi connectivity index (χ1) is 14.2. The van der Waals surface area contributed by atoms with E-state index in [1.54, 1.807) is 5.01 Å². The number of hydrogen-bond donors (Lipinski definition) is 2. The van der Waals surface area contributed by atoms with E-state index in [1.807, 2.05) is 91.0 Å². The molecular formula is C22H18N6S. The summed E-state index contributed by atoms with van der Waals surface area (Å²) in [6.45, 7) is 0. The van der Waals surface area contributed by atoms with Gasteiger partial charge < -0.3 is 5.73 Å². The van der Waals surface area contributed by atoms with Crippen LogP contribution in [0.25, 0.3) is 22.5 Å². The maximum absolute atomic E-state index is 5.91. The van der Waals surface area contributed by atoms with Crippen molar-refractivity contribution in [3.8, 4) is 22.5 Å². The number of anilines is 2. The van der Waals surface area contributed by atoms with E-state index in [4.69, 9.17) is 22.9 Å². The largest absolute Gasteiger partial charge is 0.374 e. The summed E-state index contributed by atoms with van der Waals surface area (Å²) >= 11 is 5.19. The minimum atomic E-state index is 0.146. The molecule has 0 aliphatic heterocycles. The van der Waals surface area contributed by atoms with Gasteiger partial charge >= 0.3 is 0 Å². The van der Waals surface area contributed by atoms with E-state index in [0.717, 1.165) is 16.8 Å². The lowest BCUT2D eigenvalue weighted by atomic mass is 10.0. The molecule has 29 heavy (non-hydrogen) atoms. The van der Waals surface area contributed by atoms with Gasteiger partial charge in [0.1, 0.15) is 11.4 Å². The molecule has 0 bridgehead atoms. The van der Waals surface area contributed by atoms with E-state index in [-0.39, 0.29) is 5.11 Å². The summed E-state index contributed by atoms with van der Waals surface area (Å²) in [6, 6.07) is 29.2. The van der Waals surface area contributed by atoms with E-state index in [0.29, 0.717) is 17.3 Å². The first kappa shape index (κ1) is 18.5. The predicted octanol–water partition coefficient (Wildman–Crippen LogP) is 4.28. The van der Waals surface area contributed by atoms with Gasteiger partial charge in [0.05, 0.1) is 5.69 Å². The van der Waals surface area contributed by atoms with Crippen LogP contribution in [-0.2, 0) is 0 Å². The van der Waals surface area contributed by atoms with Crippen molar-refractivity contribution in [3.63, 3.8) is 0 Å². The molecule has 3 aromatic carbocycles. The molecule has 0 amide bonds. The highest BCUT2D eigenvalue weighted by Crippen LogP contribution is 2.29. The third-order valence-corrected chi connectivity index (χ3v) is 4.41. The summed E-state index contributed by atoms with van der Waals surface area (Å²) in [7, 11) is 0. The normalized spacial score (nSPS) is 10.3. The first-order valence-electron chi connectivity index (χ1n) is 8.99. The van der Waals surface area contributed by atoms with E-state index >= 15 is 0 Å². The molecule has 0 atom stereocenters. The van der Waals surface area contributed by atoms with E-state index in [1.165, 1.54) is 0 Å². The van der Waals surface area contributed by atoms with Crippen LogP contribution >= 0.6 is 12.2 Å². The minimum absolute atomic E-state index is 0.146. The van der Waals surface area contributed by atoms with Crippen LogP contribution < -0.4 is 16.2 Å². The Balaban J connectivity index is 1.77. The molecule has 0 aliphatic carbocycles. The monoisotopic (exact) mass is 398 g/mol. The zero-order valence-corrected chi connectivity index (χ0v) is 16.3. The van der Waals surface area contributed by atoms with E-state index in [2.05, 4.69) is 15.6 Å². The average Bonchev–Trinajstić information content (AvgIpc) is 2.79. The van der Waals surface area contributed by atoms with Crippen LogP contribution in [0.1, 0.15) is 0 Å². The Morgan fingerprint density at radius 1 is 0.724 bits per heavy atom. The lowest BCUT2D eigenvalue weighted by Gasteiger charge is -2.23. The molecule has 0 spiro atoms. The van der Waals surface area contributed by atoms with Crippen LogP contribution in [0.4, 0.5) is 11.6 Å². The molecule has 4 rings (SSSR count). The number of nitrogens with zero attached hydrogens (tertiary/aromatic N) is 4. The number of aromatic nitrogens is 3. The van der Waals surface area contributed by atoms with Crippen molar-refractivity contribution in [2.24, 2.45) is 5.73 Å². The standard InChI is InChI=1S/C22H18N6S/c23-21(29)28(18-14-8-3-9-15-18)27-22-24-19(16-10-4-1-5-11-16)20(25-26-22)17-12-6-2-7-13-17/h1-15H,(H2,23,29)(H,24,26,27). The smallest absolute Gasteiger partial charge is 0.262 e. The molecule has 0 saturated heterocycles. The van der Waals surface area contributed by atoms with Gasteiger partial charge in [0, 0.05) is 11.1 Å². The van der Waals surface area contributed by atoms with Crippen LogP contribution in [0.15, 0.2) is 91.0 Å². The Bertz CT molecular complexity index is 1100. The number of rotatable bonds is 5. The van der Waals surface area contributed by atoms with Crippen molar-refractivity contribution in [2.75, 3.05) is 10.4 Å². The molecule has 0 aliphatic rings. The zero-order chi connectivity index (χ0) is 20.1. The molecule has 1 heterocycles. The molecule has 0 saturated carbocycles. The molecule has 7 heteroatoms. The number of benzene rings is 3. The van der Waals surface area contributed by atoms with Crippen molar-refractivity contribution >= 4 is 29.0 Å². The van der Waals surface area contributed by atoms with Gasteiger partial charge in [0.25, 0.3) is 5.95 Å². The van der Waals surface area contributed by atoms with Crippen molar-refractivity contribution in [1.29, 1.82) is 0 Å². The van der Waals surface area contributed by atoms with Crippen LogP contribution in [0.2, 0.25) is 0 Å². The summed E-state index contributed by atoms with van der Waals surface area (Å²) in [5, 5.41) is 10.4. The second-order valence-electron chi connectivity index (χ2n) is 6.19. The zero-order valence-electron chi connectivity index (χ0n) is 15.4. The van der Waals surface area contributed by atoms with Gasteiger partial charge in [0.15, 0.2) is 5.11 Å². The first-order valence-corrected chi connectivity index (χ1v) is 9.40. The number of para-hydroxylation sites is 1. The van der Waals surface area contributed by atoms with Crippen molar-refractivity contribution in [2.45, 2.75) is 0 Å². The number of nitrogens with one attached hydrogen (secondary N) is 1. The van der Waals surface area contributed by atoms with Gasteiger partial charge in [0.2, 0.25) is 0 Å². The van der Waals surface area contributed by atoms with Crippen molar-refractivity contribution < 1.29 is 0 Å². The lowest BCUT2D eigenvalue weighted by molar-refractivity contribution is 0.965. The second kappa shape index (κ2) is 8.45. The van der Waals surface area contributed by atoms with Crippen LogP contribution in [-0.4, -0.2) is 20.3 Å². The molecule has 4 aromatic rings. The third kappa shape index (κ3) is 4.20. The minimum Gasteiger partial charge on any atom is -0.374 e. The summed E-state index contributed by atoms with van der Waals surface area (Å²) < 4.78 is 0. The molecule has 142 valence electrons. The molecule has 3 N–H and O–H groups in total. The quantitative estimate of drug-likeness (QED) is 0.384. The third-order valence-electron chi connectivity index (χ3n) is 4.23. The lowest BCUT2D eigenvalue weighted by Crippen LogP contribution is -2.40. The van der Waals surface area contributed by atoms with Crippen LogP contribution in [0, 0.1) is 0 Å². The van der Waals surface area contributed by atoms with Gasteiger partial charge in [-0.25, -0.2) is 9.99 Å². The molecule has 6 nitrogen and oxygen atoms in total. The summed E-state index contributed by atoms with van der Waals surface area (Å²) in [5.74, 6) is 0.292. The Morgan fingerprint density at radius 2 is 1.24 bits per heavy atom. The number of thiocarbonyl (C=S) groups is 1. The highest BCUT2D eigenvalue weighted by Gasteiger charge is 2.16. The SMILES string of the molecule is NC(=S)N(Nc1nnc(-c2ccccc2)c(-c2ccccc2)n1)c1ccccc1. The highest BCUT2D eigenvalue weighted by molar-refractivity contribution is 7.80. The van der Waals surface area contributed by atoms with Gasteiger partial charge in [-0.3, -0.25) is 5.43 Å². The topological polar surface area (TPSA) is 80.0 Å². The maximum Gasteiger partial charge on any atom is 0.262 e. The molecule has 0 radical (unpaired) electrons. The van der Waals surface area contributed by atoms with Crippen LogP contribution in [0.5, 0.6) is 0 Å². The van der Waals surface area contributed by atoms with Gasteiger partial charge in [-0.15, -0.1) is 10.2 Å². The summed E-state index contributed by atoms with van der Waals surface area (Å²) in [4.78, 5) is 4.73. The second-order valence-corrected chi connectivity index (χ2v) is 6.60. The fourth-order valence-electron chi connectivity index (χ4n) is 2.89. The molecular weight excluding hydrogens is 380 g/mol. The fourth-order valence-corrected chi connectivity index (χ4v) is 3.04. The Morgan fingerprint density at radius 3 is 1.79 bits per heavy atom. The van der Waals surface area contributed by atoms with Crippen LogP contribution in [0.3, 0.4) is 0 Å². The predicted molar refractivity (Wildman–Crippen MR) is 120 cm³/mol. The molecule has 0 unspecified atom stereocenters. The number of hydrogen-bond acceptors (Lipinski definition) is 5. The maximum atomic E-state index is 5.91. The van der Waals surface area contributed by atoms with E-state index in [9.17, 15) is 0 Å².